The highest BCUT2D eigenvalue weighted by Crippen LogP contribution is 2.12. The summed E-state index contributed by atoms with van der Waals surface area (Å²) in [6, 6.07) is 9.13. The highest BCUT2D eigenvalue weighted by Gasteiger charge is 2.14. The summed E-state index contributed by atoms with van der Waals surface area (Å²) in [5.41, 5.74) is 6.90. The lowest BCUT2D eigenvalue weighted by atomic mass is 10.0. The molecule has 0 aromatic heterocycles. The fraction of sp³-hybridized carbons (Fsp3) is 0.533. The summed E-state index contributed by atoms with van der Waals surface area (Å²) in [5.74, 6) is -0.126. The fourth-order valence-electron chi connectivity index (χ4n) is 2.13. The third-order valence-corrected chi connectivity index (χ3v) is 4.74. The molecule has 0 aliphatic carbocycles. The first-order valence-corrected chi connectivity index (χ1v) is 9.21. The van der Waals surface area contributed by atoms with Gasteiger partial charge in [-0.2, -0.15) is 0 Å². The normalized spacial score (nSPS) is 13.1. The summed E-state index contributed by atoms with van der Waals surface area (Å²) in [6.07, 6.45) is 1.98. The van der Waals surface area contributed by atoms with E-state index in [-0.39, 0.29) is 18.4 Å². The molecule has 22 heavy (non-hydrogen) atoms. The average Bonchev–Trinajstić information content (AvgIpc) is 2.46. The van der Waals surface area contributed by atoms with Crippen LogP contribution < -0.4 is 11.1 Å². The number of amides is 1. The van der Waals surface area contributed by atoms with Crippen molar-refractivity contribution in [1.29, 1.82) is 0 Å². The molecule has 1 rings (SSSR count). The van der Waals surface area contributed by atoms with E-state index in [1.165, 1.54) is 10.6 Å². The van der Waals surface area contributed by atoms with E-state index in [1.807, 2.05) is 30.3 Å². The Labute approximate surface area is 132 Å². The van der Waals surface area contributed by atoms with Crippen molar-refractivity contribution in [3.8, 4) is 0 Å². The Morgan fingerprint density at radius 3 is 2.50 bits per heavy atom. The van der Waals surface area contributed by atoms with Gasteiger partial charge >= 0.3 is 0 Å². The zero-order chi connectivity index (χ0) is 16.6. The standard InChI is InChI=1S/C15H25N3O3S/c1-3-18(22(2,20)21)11-7-10-17-15(19)12-14(16)13-8-5-4-6-9-13/h4-6,8-9,14H,3,7,10-12,16H2,1-2H3,(H,17,19). The molecule has 1 atom stereocenters. The van der Waals surface area contributed by atoms with Crippen molar-refractivity contribution in [3.05, 3.63) is 35.9 Å². The summed E-state index contributed by atoms with van der Waals surface area (Å²) in [6.45, 7) is 3.07. The molecule has 1 aromatic carbocycles. The molecule has 0 aliphatic rings. The molecular weight excluding hydrogens is 302 g/mol. The van der Waals surface area contributed by atoms with Crippen LogP contribution >= 0.6 is 0 Å². The monoisotopic (exact) mass is 327 g/mol. The second-order valence-corrected chi connectivity index (χ2v) is 7.16. The summed E-state index contributed by atoms with van der Waals surface area (Å²) in [4.78, 5) is 11.8. The van der Waals surface area contributed by atoms with E-state index in [9.17, 15) is 13.2 Å². The molecule has 0 saturated heterocycles. The lowest BCUT2D eigenvalue weighted by molar-refractivity contribution is -0.121. The third kappa shape index (κ3) is 6.55. The number of carbonyl (C=O) groups is 1. The average molecular weight is 327 g/mol. The van der Waals surface area contributed by atoms with Crippen molar-refractivity contribution in [1.82, 2.24) is 9.62 Å². The van der Waals surface area contributed by atoms with E-state index in [4.69, 9.17) is 5.73 Å². The molecule has 7 heteroatoms. The van der Waals surface area contributed by atoms with Crippen LogP contribution in [0.1, 0.15) is 31.4 Å². The van der Waals surface area contributed by atoms with Crippen molar-refractivity contribution < 1.29 is 13.2 Å². The molecule has 0 radical (unpaired) electrons. The first-order valence-electron chi connectivity index (χ1n) is 7.37. The second-order valence-electron chi connectivity index (χ2n) is 5.18. The second kappa shape index (κ2) is 8.87. The molecule has 124 valence electrons. The van der Waals surface area contributed by atoms with E-state index in [2.05, 4.69) is 5.32 Å². The largest absolute Gasteiger partial charge is 0.356 e. The smallest absolute Gasteiger partial charge is 0.221 e. The van der Waals surface area contributed by atoms with Gasteiger partial charge in [0.15, 0.2) is 0 Å². The summed E-state index contributed by atoms with van der Waals surface area (Å²) in [5, 5.41) is 2.77. The van der Waals surface area contributed by atoms with Gasteiger partial charge in [-0.1, -0.05) is 37.3 Å². The summed E-state index contributed by atoms with van der Waals surface area (Å²) >= 11 is 0. The van der Waals surface area contributed by atoms with Gasteiger partial charge in [0.1, 0.15) is 0 Å². The van der Waals surface area contributed by atoms with Gasteiger partial charge in [0.05, 0.1) is 6.26 Å². The van der Waals surface area contributed by atoms with E-state index < -0.39 is 10.0 Å². The maximum absolute atomic E-state index is 11.8. The minimum atomic E-state index is -3.17. The molecule has 0 spiro atoms. The molecular formula is C15H25N3O3S. The summed E-state index contributed by atoms with van der Waals surface area (Å²) < 4.78 is 24.2. The number of sulfonamides is 1. The lowest BCUT2D eigenvalue weighted by Gasteiger charge is -2.18. The molecule has 1 aromatic rings. The van der Waals surface area contributed by atoms with Crippen molar-refractivity contribution in [2.24, 2.45) is 5.73 Å². The number of nitrogens with one attached hydrogen (secondary N) is 1. The zero-order valence-electron chi connectivity index (χ0n) is 13.2. The predicted molar refractivity (Wildman–Crippen MR) is 87.7 cm³/mol. The van der Waals surface area contributed by atoms with Crippen LogP contribution in [0.4, 0.5) is 0 Å². The number of rotatable bonds is 9. The van der Waals surface area contributed by atoms with Gasteiger partial charge in [0, 0.05) is 32.1 Å². The first kappa shape index (κ1) is 18.6. The van der Waals surface area contributed by atoms with Crippen molar-refractivity contribution in [2.45, 2.75) is 25.8 Å². The van der Waals surface area contributed by atoms with Crippen LogP contribution in [-0.4, -0.2) is 44.5 Å². The van der Waals surface area contributed by atoms with Gasteiger partial charge in [-0.3, -0.25) is 4.79 Å². The highest BCUT2D eigenvalue weighted by molar-refractivity contribution is 7.88. The van der Waals surface area contributed by atoms with Crippen molar-refractivity contribution in [3.63, 3.8) is 0 Å². The molecule has 1 unspecified atom stereocenters. The van der Waals surface area contributed by atoms with Crippen LogP contribution in [0, 0.1) is 0 Å². The molecule has 0 fully saturated rings. The van der Waals surface area contributed by atoms with E-state index >= 15 is 0 Å². The number of nitrogens with zero attached hydrogens (tertiary/aromatic N) is 1. The molecule has 6 nitrogen and oxygen atoms in total. The topological polar surface area (TPSA) is 92.5 Å². The third-order valence-electron chi connectivity index (χ3n) is 3.36. The van der Waals surface area contributed by atoms with Gasteiger partial charge in [-0.25, -0.2) is 12.7 Å². The van der Waals surface area contributed by atoms with E-state index in [0.29, 0.717) is 26.1 Å². The number of carbonyl (C=O) groups excluding carboxylic acids is 1. The zero-order valence-corrected chi connectivity index (χ0v) is 14.0. The summed E-state index contributed by atoms with van der Waals surface area (Å²) in [7, 11) is -3.17. The van der Waals surface area contributed by atoms with Crippen LogP contribution in [0.2, 0.25) is 0 Å². The molecule has 0 aliphatic heterocycles. The van der Waals surface area contributed by atoms with Crippen LogP contribution in [0.15, 0.2) is 30.3 Å². The minimum Gasteiger partial charge on any atom is -0.356 e. The van der Waals surface area contributed by atoms with Crippen LogP contribution in [0.25, 0.3) is 0 Å². The fourth-order valence-corrected chi connectivity index (χ4v) is 3.06. The Balaban J connectivity index is 2.29. The van der Waals surface area contributed by atoms with Gasteiger partial charge in [0.2, 0.25) is 15.9 Å². The Hall–Kier alpha value is -1.44. The number of benzene rings is 1. The van der Waals surface area contributed by atoms with Crippen molar-refractivity contribution >= 4 is 15.9 Å². The molecule has 0 bridgehead atoms. The van der Waals surface area contributed by atoms with Crippen LogP contribution in [0.5, 0.6) is 0 Å². The van der Waals surface area contributed by atoms with Gasteiger partial charge in [0.25, 0.3) is 0 Å². The number of nitrogens with two attached hydrogens (primary N) is 1. The first-order chi connectivity index (χ1) is 10.3. The van der Waals surface area contributed by atoms with Crippen LogP contribution in [0.3, 0.4) is 0 Å². The number of hydrogen-bond donors (Lipinski definition) is 2. The Morgan fingerprint density at radius 1 is 1.32 bits per heavy atom. The SMILES string of the molecule is CCN(CCCNC(=O)CC(N)c1ccccc1)S(C)(=O)=O. The minimum absolute atomic E-state index is 0.126. The molecule has 3 N–H and O–H groups in total. The maximum Gasteiger partial charge on any atom is 0.221 e. The Bertz CT molecular complexity index is 561. The van der Waals surface area contributed by atoms with Crippen molar-refractivity contribution in [2.75, 3.05) is 25.9 Å². The van der Waals surface area contributed by atoms with Crippen LogP contribution in [-0.2, 0) is 14.8 Å². The van der Waals surface area contributed by atoms with Gasteiger partial charge in [-0.15, -0.1) is 0 Å². The van der Waals surface area contributed by atoms with Gasteiger partial charge in [-0.05, 0) is 12.0 Å². The maximum atomic E-state index is 11.8. The number of hydrogen-bond acceptors (Lipinski definition) is 4. The van der Waals surface area contributed by atoms with Gasteiger partial charge < -0.3 is 11.1 Å². The molecule has 0 saturated carbocycles. The molecule has 0 heterocycles. The predicted octanol–water partition coefficient (Wildman–Crippen LogP) is 0.864. The Morgan fingerprint density at radius 2 is 1.95 bits per heavy atom. The molecule has 1 amide bonds. The van der Waals surface area contributed by atoms with E-state index in [1.54, 1.807) is 6.92 Å². The quantitative estimate of drug-likeness (QED) is 0.658. The Kier molecular flexibility index (Phi) is 7.50. The highest BCUT2D eigenvalue weighted by atomic mass is 32.2. The van der Waals surface area contributed by atoms with E-state index in [0.717, 1.165) is 5.56 Å². The lowest BCUT2D eigenvalue weighted by Crippen LogP contribution is -2.34.